The molecule has 1 aliphatic rings. The molecule has 0 amide bonds. The summed E-state index contributed by atoms with van der Waals surface area (Å²) in [5.74, 6) is 3.55. The molecule has 0 fully saturated rings. The molecule has 0 aliphatic carbocycles. The monoisotopic (exact) mass is 273 g/mol. The molecule has 0 bridgehead atoms. The lowest BCUT2D eigenvalue weighted by atomic mass is 10.2. The minimum absolute atomic E-state index is 0.660. The fourth-order valence-corrected chi connectivity index (χ4v) is 3.01. The van der Waals surface area contributed by atoms with Crippen molar-refractivity contribution in [1.29, 1.82) is 0 Å². The van der Waals surface area contributed by atoms with Crippen LogP contribution in [0.25, 0.3) is 11.5 Å². The number of fused-ring (bicyclic) bond motifs is 1. The van der Waals surface area contributed by atoms with Gasteiger partial charge in [-0.2, -0.15) is 11.8 Å². The van der Waals surface area contributed by atoms with Crippen LogP contribution in [0.2, 0.25) is 0 Å². The molecule has 3 rings (SSSR count). The highest BCUT2D eigenvalue weighted by Crippen LogP contribution is 2.34. The van der Waals surface area contributed by atoms with Crippen molar-refractivity contribution in [3.63, 3.8) is 0 Å². The number of rotatable bonds is 4. The van der Waals surface area contributed by atoms with E-state index >= 15 is 0 Å². The van der Waals surface area contributed by atoms with Crippen molar-refractivity contribution in [3.8, 4) is 11.5 Å². The Hall–Kier alpha value is -1.69. The van der Waals surface area contributed by atoms with E-state index in [9.17, 15) is 0 Å². The van der Waals surface area contributed by atoms with E-state index in [-0.39, 0.29) is 0 Å². The summed E-state index contributed by atoms with van der Waals surface area (Å²) in [5, 5.41) is 3.39. The van der Waals surface area contributed by atoms with Crippen molar-refractivity contribution in [2.75, 3.05) is 11.9 Å². The van der Waals surface area contributed by atoms with E-state index in [0.717, 1.165) is 41.7 Å². The normalized spacial score (nSPS) is 13.3. The Balaban J connectivity index is 2.02. The van der Waals surface area contributed by atoms with E-state index < -0.39 is 0 Å². The number of thioether (sulfide) groups is 1. The van der Waals surface area contributed by atoms with Crippen LogP contribution in [0, 0.1) is 0 Å². The molecule has 98 valence electrons. The first kappa shape index (κ1) is 12.3. The SMILES string of the molecule is CCCNc1nc(-c2cnccn2)nc2c1CSC2. The predicted octanol–water partition coefficient (Wildman–Crippen LogP) is 2.50. The molecule has 0 atom stereocenters. The maximum Gasteiger partial charge on any atom is 0.182 e. The molecule has 0 saturated carbocycles. The van der Waals surface area contributed by atoms with Gasteiger partial charge >= 0.3 is 0 Å². The van der Waals surface area contributed by atoms with Crippen LogP contribution in [0.15, 0.2) is 18.6 Å². The standard InChI is InChI=1S/C13H15N5S/c1-2-3-16-12-9-7-19-8-11(9)17-13(18-12)10-6-14-4-5-15-10/h4-6H,2-3,7-8H2,1H3,(H,16,17,18). The molecule has 6 heteroatoms. The first-order valence-electron chi connectivity index (χ1n) is 6.36. The fourth-order valence-electron chi connectivity index (χ4n) is 1.97. The number of anilines is 1. The minimum atomic E-state index is 0.660. The Kier molecular flexibility index (Phi) is 3.59. The second-order valence-electron chi connectivity index (χ2n) is 4.33. The molecule has 0 saturated heterocycles. The molecular formula is C13H15N5S. The van der Waals surface area contributed by atoms with Crippen LogP contribution >= 0.6 is 11.8 Å². The van der Waals surface area contributed by atoms with Crippen LogP contribution in [-0.4, -0.2) is 26.5 Å². The summed E-state index contributed by atoms with van der Waals surface area (Å²) in [7, 11) is 0. The molecule has 1 aliphatic heterocycles. The summed E-state index contributed by atoms with van der Waals surface area (Å²) in [6, 6.07) is 0. The Morgan fingerprint density at radius 2 is 2.21 bits per heavy atom. The molecule has 0 radical (unpaired) electrons. The molecular weight excluding hydrogens is 258 g/mol. The van der Waals surface area contributed by atoms with Crippen molar-refractivity contribution in [3.05, 3.63) is 29.8 Å². The quantitative estimate of drug-likeness (QED) is 0.923. The maximum atomic E-state index is 4.62. The molecule has 5 nitrogen and oxygen atoms in total. The highest BCUT2D eigenvalue weighted by Gasteiger charge is 2.20. The zero-order valence-corrected chi connectivity index (χ0v) is 11.6. The van der Waals surface area contributed by atoms with Crippen molar-refractivity contribution in [1.82, 2.24) is 19.9 Å². The topological polar surface area (TPSA) is 63.6 Å². The number of hydrogen-bond donors (Lipinski definition) is 1. The maximum absolute atomic E-state index is 4.62. The van der Waals surface area contributed by atoms with Gasteiger partial charge < -0.3 is 5.32 Å². The smallest absolute Gasteiger partial charge is 0.182 e. The molecule has 0 unspecified atom stereocenters. The average molecular weight is 273 g/mol. The van der Waals surface area contributed by atoms with Crippen LogP contribution in [0.5, 0.6) is 0 Å². The van der Waals surface area contributed by atoms with Gasteiger partial charge in [0.2, 0.25) is 0 Å². The van der Waals surface area contributed by atoms with E-state index in [1.54, 1.807) is 18.6 Å². The Bertz CT molecular complexity index is 573. The number of hydrogen-bond acceptors (Lipinski definition) is 6. The third-order valence-corrected chi connectivity index (χ3v) is 3.88. The summed E-state index contributed by atoms with van der Waals surface area (Å²) < 4.78 is 0. The van der Waals surface area contributed by atoms with Gasteiger partial charge in [-0.25, -0.2) is 15.0 Å². The van der Waals surface area contributed by atoms with Gasteiger partial charge in [0, 0.05) is 36.0 Å². The third kappa shape index (κ3) is 2.53. The van der Waals surface area contributed by atoms with Crippen molar-refractivity contribution < 1.29 is 0 Å². The molecule has 0 spiro atoms. The van der Waals surface area contributed by atoms with E-state index in [2.05, 4.69) is 32.2 Å². The molecule has 1 N–H and O–H groups in total. The van der Waals surface area contributed by atoms with E-state index in [4.69, 9.17) is 0 Å². The second-order valence-corrected chi connectivity index (χ2v) is 5.32. The fraction of sp³-hybridized carbons (Fsp3) is 0.385. The zero-order valence-electron chi connectivity index (χ0n) is 10.8. The van der Waals surface area contributed by atoms with Crippen LogP contribution in [0.1, 0.15) is 24.6 Å². The highest BCUT2D eigenvalue weighted by atomic mass is 32.2. The van der Waals surface area contributed by atoms with Crippen molar-refractivity contribution in [2.24, 2.45) is 0 Å². The minimum Gasteiger partial charge on any atom is -0.370 e. The Labute approximate surface area is 116 Å². The van der Waals surface area contributed by atoms with Gasteiger partial charge in [0.25, 0.3) is 0 Å². The number of nitrogens with one attached hydrogen (secondary N) is 1. The molecule has 0 aromatic carbocycles. The van der Waals surface area contributed by atoms with E-state index in [0.29, 0.717) is 5.82 Å². The lowest BCUT2D eigenvalue weighted by Gasteiger charge is -2.10. The van der Waals surface area contributed by atoms with E-state index in [1.165, 1.54) is 5.56 Å². The molecule has 2 aromatic rings. The lowest BCUT2D eigenvalue weighted by Crippen LogP contribution is -2.08. The van der Waals surface area contributed by atoms with Crippen molar-refractivity contribution in [2.45, 2.75) is 24.9 Å². The molecule has 19 heavy (non-hydrogen) atoms. The summed E-state index contributed by atoms with van der Waals surface area (Å²) in [6.07, 6.45) is 6.10. The van der Waals surface area contributed by atoms with Gasteiger partial charge in [-0.1, -0.05) is 6.92 Å². The van der Waals surface area contributed by atoms with Crippen LogP contribution in [0.4, 0.5) is 5.82 Å². The van der Waals surface area contributed by atoms with Gasteiger partial charge in [0.1, 0.15) is 11.5 Å². The molecule has 3 heterocycles. The number of aromatic nitrogens is 4. The van der Waals surface area contributed by atoms with Gasteiger partial charge in [-0.15, -0.1) is 0 Å². The van der Waals surface area contributed by atoms with Gasteiger partial charge in [0.05, 0.1) is 11.9 Å². The van der Waals surface area contributed by atoms with Gasteiger partial charge in [-0.05, 0) is 6.42 Å². The van der Waals surface area contributed by atoms with Crippen LogP contribution in [0.3, 0.4) is 0 Å². The van der Waals surface area contributed by atoms with Crippen molar-refractivity contribution >= 4 is 17.6 Å². The third-order valence-electron chi connectivity index (χ3n) is 2.91. The largest absolute Gasteiger partial charge is 0.370 e. The van der Waals surface area contributed by atoms with Crippen LogP contribution in [-0.2, 0) is 11.5 Å². The first-order chi connectivity index (χ1) is 9.38. The zero-order chi connectivity index (χ0) is 13.1. The summed E-state index contributed by atoms with van der Waals surface area (Å²) >= 11 is 1.88. The Morgan fingerprint density at radius 1 is 1.26 bits per heavy atom. The highest BCUT2D eigenvalue weighted by molar-refractivity contribution is 7.98. The van der Waals surface area contributed by atoms with Gasteiger partial charge in [-0.3, -0.25) is 4.98 Å². The first-order valence-corrected chi connectivity index (χ1v) is 7.51. The molecule has 2 aromatic heterocycles. The predicted molar refractivity (Wildman–Crippen MR) is 76.8 cm³/mol. The summed E-state index contributed by atoms with van der Waals surface area (Å²) in [5.41, 5.74) is 3.09. The number of nitrogens with zero attached hydrogens (tertiary/aromatic N) is 4. The Morgan fingerprint density at radius 3 is 3.00 bits per heavy atom. The summed E-state index contributed by atoms with van der Waals surface area (Å²) in [4.78, 5) is 17.6. The van der Waals surface area contributed by atoms with Gasteiger partial charge in [0.15, 0.2) is 5.82 Å². The summed E-state index contributed by atoms with van der Waals surface area (Å²) in [6.45, 7) is 3.07. The lowest BCUT2D eigenvalue weighted by molar-refractivity contribution is 0.952. The van der Waals surface area contributed by atoms with Crippen LogP contribution < -0.4 is 5.32 Å². The van der Waals surface area contributed by atoms with E-state index in [1.807, 2.05) is 11.8 Å². The second kappa shape index (κ2) is 5.52. The average Bonchev–Trinajstić information content (AvgIpc) is 2.94.